The number of nitrogens with one attached hydrogen (secondary N) is 2. The number of amides is 1. The minimum atomic E-state index is -0.225. The zero-order valence-electron chi connectivity index (χ0n) is 8.08. The average molecular weight is 197 g/mol. The summed E-state index contributed by atoms with van der Waals surface area (Å²) in [6.45, 7) is 1.94. The molecule has 0 spiro atoms. The molecule has 0 saturated carbocycles. The van der Waals surface area contributed by atoms with Gasteiger partial charge in [-0.15, -0.1) is 0 Å². The predicted octanol–water partition coefficient (Wildman–Crippen LogP) is -0.605. The fourth-order valence-electron chi connectivity index (χ4n) is 1.34. The number of carbonyl (C=O) groups is 1. The van der Waals surface area contributed by atoms with E-state index in [1.807, 2.05) is 6.07 Å². The lowest BCUT2D eigenvalue weighted by atomic mass is 10.1. The standard InChI is InChI=1S/C9H15N3O2/c10-3-5-12-9(13)7-14-8-2-1-4-11-6-8/h8,11H,1-2,4-7H2,(H,12,13). The summed E-state index contributed by atoms with van der Waals surface area (Å²) >= 11 is 0. The summed E-state index contributed by atoms with van der Waals surface area (Å²) in [5, 5.41) is 13.8. The second kappa shape index (κ2) is 6.35. The highest BCUT2D eigenvalue weighted by Crippen LogP contribution is 2.05. The lowest BCUT2D eigenvalue weighted by molar-refractivity contribution is -0.127. The van der Waals surface area contributed by atoms with Gasteiger partial charge in [0.25, 0.3) is 0 Å². The summed E-state index contributed by atoms with van der Waals surface area (Å²) in [6, 6.07) is 1.84. The molecule has 1 atom stereocenters. The Morgan fingerprint density at radius 1 is 1.71 bits per heavy atom. The van der Waals surface area contributed by atoms with E-state index in [0.717, 1.165) is 25.9 Å². The largest absolute Gasteiger partial charge is 0.367 e. The van der Waals surface area contributed by atoms with E-state index < -0.39 is 0 Å². The third kappa shape index (κ3) is 4.21. The van der Waals surface area contributed by atoms with Crippen molar-refractivity contribution in [3.05, 3.63) is 0 Å². The summed E-state index contributed by atoms with van der Waals surface area (Å²) in [6.07, 6.45) is 2.22. The summed E-state index contributed by atoms with van der Waals surface area (Å²) in [7, 11) is 0. The third-order valence-corrected chi connectivity index (χ3v) is 2.07. The second-order valence-electron chi connectivity index (χ2n) is 3.21. The van der Waals surface area contributed by atoms with Gasteiger partial charge < -0.3 is 15.4 Å². The maximum absolute atomic E-state index is 11.0. The predicted molar refractivity (Wildman–Crippen MR) is 50.5 cm³/mol. The first-order valence-corrected chi connectivity index (χ1v) is 4.79. The number of hydrogen-bond donors (Lipinski definition) is 2. The van der Waals surface area contributed by atoms with Gasteiger partial charge in [-0.05, 0) is 19.4 Å². The SMILES string of the molecule is N#CCNC(=O)COC1CCCNC1. The number of ether oxygens (including phenoxy) is 1. The molecule has 2 N–H and O–H groups in total. The first-order valence-electron chi connectivity index (χ1n) is 4.79. The Morgan fingerprint density at radius 2 is 2.57 bits per heavy atom. The minimum Gasteiger partial charge on any atom is -0.367 e. The minimum absolute atomic E-state index is 0.0467. The van der Waals surface area contributed by atoms with E-state index in [9.17, 15) is 4.79 Å². The Labute approximate surface area is 83.4 Å². The summed E-state index contributed by atoms with van der Waals surface area (Å²) in [5.74, 6) is -0.225. The Kier molecular flexibility index (Phi) is 4.97. The lowest BCUT2D eigenvalue weighted by Crippen LogP contribution is -2.38. The van der Waals surface area contributed by atoms with Crippen LogP contribution in [0.3, 0.4) is 0 Å². The van der Waals surface area contributed by atoms with Gasteiger partial charge in [0, 0.05) is 6.54 Å². The number of rotatable bonds is 4. The Morgan fingerprint density at radius 3 is 3.21 bits per heavy atom. The van der Waals surface area contributed by atoms with Crippen molar-refractivity contribution < 1.29 is 9.53 Å². The van der Waals surface area contributed by atoms with Gasteiger partial charge in [-0.1, -0.05) is 0 Å². The van der Waals surface area contributed by atoms with Crippen LogP contribution in [-0.2, 0) is 9.53 Å². The summed E-state index contributed by atoms with van der Waals surface area (Å²) in [5.41, 5.74) is 0. The van der Waals surface area contributed by atoms with Gasteiger partial charge in [0.05, 0.1) is 12.2 Å². The Balaban J connectivity index is 2.07. The van der Waals surface area contributed by atoms with Gasteiger partial charge in [0.2, 0.25) is 5.91 Å². The fourth-order valence-corrected chi connectivity index (χ4v) is 1.34. The van der Waals surface area contributed by atoms with Crippen molar-refractivity contribution in [1.29, 1.82) is 5.26 Å². The molecule has 1 aliphatic heterocycles. The molecule has 0 bridgehead atoms. The van der Waals surface area contributed by atoms with Crippen molar-refractivity contribution >= 4 is 5.91 Å². The van der Waals surface area contributed by atoms with Crippen molar-refractivity contribution in [1.82, 2.24) is 10.6 Å². The molecule has 1 heterocycles. The number of piperidine rings is 1. The van der Waals surface area contributed by atoms with Gasteiger partial charge in [-0.3, -0.25) is 4.79 Å². The van der Waals surface area contributed by atoms with Crippen LogP contribution in [0, 0.1) is 11.3 Å². The number of nitriles is 1. The fraction of sp³-hybridized carbons (Fsp3) is 0.778. The monoisotopic (exact) mass is 197 g/mol. The van der Waals surface area contributed by atoms with Crippen LogP contribution in [0.15, 0.2) is 0 Å². The maximum Gasteiger partial charge on any atom is 0.246 e. The van der Waals surface area contributed by atoms with Crippen LogP contribution >= 0.6 is 0 Å². The molecule has 1 saturated heterocycles. The van der Waals surface area contributed by atoms with Crippen molar-refractivity contribution in [3.8, 4) is 6.07 Å². The van der Waals surface area contributed by atoms with Gasteiger partial charge in [0.1, 0.15) is 13.2 Å². The van der Waals surface area contributed by atoms with E-state index in [0.29, 0.717) is 0 Å². The smallest absolute Gasteiger partial charge is 0.246 e. The topological polar surface area (TPSA) is 74.2 Å². The average Bonchev–Trinajstić information content (AvgIpc) is 2.25. The van der Waals surface area contributed by atoms with E-state index in [4.69, 9.17) is 10.00 Å². The summed E-state index contributed by atoms with van der Waals surface area (Å²) in [4.78, 5) is 11.0. The molecule has 5 heteroatoms. The van der Waals surface area contributed by atoms with E-state index >= 15 is 0 Å². The molecule has 0 aliphatic carbocycles. The molecule has 0 aromatic rings. The highest BCUT2D eigenvalue weighted by Gasteiger charge is 2.14. The van der Waals surface area contributed by atoms with Gasteiger partial charge in [-0.2, -0.15) is 5.26 Å². The molecule has 0 aromatic heterocycles. The zero-order chi connectivity index (χ0) is 10.2. The molecular weight excluding hydrogens is 182 g/mol. The van der Waals surface area contributed by atoms with E-state index in [-0.39, 0.29) is 25.2 Å². The van der Waals surface area contributed by atoms with Crippen molar-refractivity contribution in [2.75, 3.05) is 26.2 Å². The molecular formula is C9H15N3O2. The van der Waals surface area contributed by atoms with E-state index in [1.54, 1.807) is 0 Å². The van der Waals surface area contributed by atoms with E-state index in [1.165, 1.54) is 0 Å². The van der Waals surface area contributed by atoms with Crippen LogP contribution in [-0.4, -0.2) is 38.3 Å². The first-order chi connectivity index (χ1) is 6.83. The summed E-state index contributed by atoms with van der Waals surface area (Å²) < 4.78 is 5.36. The lowest BCUT2D eigenvalue weighted by Gasteiger charge is -2.22. The van der Waals surface area contributed by atoms with Crippen molar-refractivity contribution in [3.63, 3.8) is 0 Å². The molecule has 0 aromatic carbocycles. The van der Waals surface area contributed by atoms with Crippen LogP contribution in [0.5, 0.6) is 0 Å². The van der Waals surface area contributed by atoms with Crippen LogP contribution in [0.4, 0.5) is 0 Å². The number of hydrogen-bond acceptors (Lipinski definition) is 4. The molecule has 1 aliphatic rings. The molecule has 1 unspecified atom stereocenters. The molecule has 1 amide bonds. The Bertz CT molecular complexity index is 219. The Hall–Kier alpha value is -1.12. The van der Waals surface area contributed by atoms with Gasteiger partial charge in [-0.25, -0.2) is 0 Å². The van der Waals surface area contributed by atoms with Gasteiger partial charge >= 0.3 is 0 Å². The second-order valence-corrected chi connectivity index (χ2v) is 3.21. The quantitative estimate of drug-likeness (QED) is 0.590. The van der Waals surface area contributed by atoms with Crippen LogP contribution < -0.4 is 10.6 Å². The van der Waals surface area contributed by atoms with Crippen LogP contribution in [0.25, 0.3) is 0 Å². The molecule has 1 fully saturated rings. The third-order valence-electron chi connectivity index (χ3n) is 2.07. The molecule has 78 valence electrons. The van der Waals surface area contributed by atoms with E-state index in [2.05, 4.69) is 10.6 Å². The molecule has 0 radical (unpaired) electrons. The normalized spacial score (nSPS) is 21.2. The first kappa shape index (κ1) is 11.0. The molecule has 5 nitrogen and oxygen atoms in total. The van der Waals surface area contributed by atoms with Crippen LogP contribution in [0.1, 0.15) is 12.8 Å². The highest BCUT2D eigenvalue weighted by molar-refractivity contribution is 5.77. The molecule has 14 heavy (non-hydrogen) atoms. The molecule has 1 rings (SSSR count). The van der Waals surface area contributed by atoms with Crippen molar-refractivity contribution in [2.45, 2.75) is 18.9 Å². The van der Waals surface area contributed by atoms with Gasteiger partial charge in [0.15, 0.2) is 0 Å². The maximum atomic E-state index is 11.0. The number of nitrogens with zero attached hydrogens (tertiary/aromatic N) is 1. The van der Waals surface area contributed by atoms with Crippen molar-refractivity contribution in [2.24, 2.45) is 0 Å². The zero-order valence-corrected chi connectivity index (χ0v) is 8.08. The highest BCUT2D eigenvalue weighted by atomic mass is 16.5. The van der Waals surface area contributed by atoms with Crippen LogP contribution in [0.2, 0.25) is 0 Å². The number of carbonyl (C=O) groups excluding carboxylic acids is 1.